The first kappa shape index (κ1) is 13.0. The zero-order valence-corrected chi connectivity index (χ0v) is 11.0. The van der Waals surface area contributed by atoms with Crippen LogP contribution in [0.2, 0.25) is 0 Å². The number of benzene rings is 1. The fourth-order valence-corrected chi connectivity index (χ4v) is 2.61. The topological polar surface area (TPSA) is 51.8 Å². The maximum absolute atomic E-state index is 13.3. The van der Waals surface area contributed by atoms with Crippen molar-refractivity contribution in [1.82, 2.24) is 9.97 Å². The van der Waals surface area contributed by atoms with Gasteiger partial charge in [-0.2, -0.15) is 0 Å². The van der Waals surface area contributed by atoms with Crippen LogP contribution in [-0.2, 0) is 12.8 Å². The smallest absolute Gasteiger partial charge is 0.161 e. The molecule has 20 heavy (non-hydrogen) atoms. The second kappa shape index (κ2) is 5.15. The fraction of sp³-hybridized carbons (Fsp3) is 0.333. The number of aromatic nitrogens is 2. The molecule has 2 aromatic rings. The highest BCUT2D eigenvalue weighted by Crippen LogP contribution is 2.26. The first-order valence-electron chi connectivity index (χ1n) is 6.75. The van der Waals surface area contributed by atoms with Crippen molar-refractivity contribution >= 4 is 5.82 Å². The van der Waals surface area contributed by atoms with Gasteiger partial charge in [0.25, 0.3) is 0 Å². The van der Waals surface area contributed by atoms with Gasteiger partial charge in [-0.1, -0.05) is 6.42 Å². The van der Waals surface area contributed by atoms with Crippen molar-refractivity contribution in [1.29, 1.82) is 0 Å². The molecule has 0 saturated carbocycles. The first-order chi connectivity index (χ1) is 9.63. The molecule has 1 aromatic carbocycles. The summed E-state index contributed by atoms with van der Waals surface area (Å²) in [6.45, 7) is 0. The molecule has 5 heteroatoms. The first-order valence-corrected chi connectivity index (χ1v) is 6.75. The van der Waals surface area contributed by atoms with Crippen LogP contribution in [0, 0.1) is 11.6 Å². The van der Waals surface area contributed by atoms with Crippen LogP contribution in [0.25, 0.3) is 11.4 Å². The second-order valence-corrected chi connectivity index (χ2v) is 5.08. The van der Waals surface area contributed by atoms with Gasteiger partial charge in [0.15, 0.2) is 5.82 Å². The minimum atomic E-state index is -0.642. The Hall–Kier alpha value is -2.04. The minimum absolute atomic E-state index is 0.293. The molecule has 3 rings (SSSR count). The number of aryl methyl sites for hydroxylation is 1. The van der Waals surface area contributed by atoms with E-state index in [-0.39, 0.29) is 0 Å². The van der Waals surface area contributed by atoms with Crippen molar-refractivity contribution in [3.63, 3.8) is 0 Å². The zero-order valence-electron chi connectivity index (χ0n) is 11.0. The van der Waals surface area contributed by atoms with Crippen molar-refractivity contribution in [3.05, 3.63) is 41.1 Å². The number of anilines is 1. The number of halogens is 2. The van der Waals surface area contributed by atoms with E-state index in [9.17, 15) is 8.78 Å². The number of nitrogens with two attached hydrogens (primary N) is 1. The van der Waals surface area contributed by atoms with E-state index in [1.54, 1.807) is 0 Å². The average Bonchev–Trinajstić information content (AvgIpc) is 2.63. The molecule has 0 radical (unpaired) electrons. The van der Waals surface area contributed by atoms with Crippen LogP contribution in [0.3, 0.4) is 0 Å². The summed E-state index contributed by atoms with van der Waals surface area (Å²) in [4.78, 5) is 8.68. The molecule has 1 aromatic heterocycles. The molecule has 0 unspecified atom stereocenters. The molecule has 2 N–H and O–H groups in total. The van der Waals surface area contributed by atoms with Crippen molar-refractivity contribution in [3.8, 4) is 11.4 Å². The third-order valence-electron chi connectivity index (χ3n) is 3.59. The van der Waals surface area contributed by atoms with Gasteiger partial charge in [0.1, 0.15) is 17.5 Å². The van der Waals surface area contributed by atoms with Crippen LogP contribution in [0.1, 0.15) is 30.5 Å². The Morgan fingerprint density at radius 1 is 0.900 bits per heavy atom. The second-order valence-electron chi connectivity index (χ2n) is 5.08. The molecule has 0 bridgehead atoms. The van der Waals surface area contributed by atoms with Crippen LogP contribution in [-0.4, -0.2) is 9.97 Å². The molecular formula is C15H15F2N3. The molecule has 0 fully saturated rings. The molecule has 3 nitrogen and oxygen atoms in total. The molecule has 0 aliphatic heterocycles. The summed E-state index contributed by atoms with van der Waals surface area (Å²) in [5, 5.41) is 0. The highest BCUT2D eigenvalue weighted by atomic mass is 19.1. The average molecular weight is 275 g/mol. The number of nitrogen functional groups attached to an aromatic ring is 1. The van der Waals surface area contributed by atoms with Crippen molar-refractivity contribution < 1.29 is 8.78 Å². The fourth-order valence-electron chi connectivity index (χ4n) is 2.61. The zero-order chi connectivity index (χ0) is 14.1. The highest BCUT2D eigenvalue weighted by molar-refractivity contribution is 5.59. The summed E-state index contributed by atoms with van der Waals surface area (Å²) in [5.41, 5.74) is 8.21. The number of rotatable bonds is 1. The van der Waals surface area contributed by atoms with Gasteiger partial charge < -0.3 is 5.73 Å². The lowest BCUT2D eigenvalue weighted by Gasteiger charge is -2.10. The van der Waals surface area contributed by atoms with Gasteiger partial charge in [-0.25, -0.2) is 18.7 Å². The van der Waals surface area contributed by atoms with E-state index in [4.69, 9.17) is 5.73 Å². The predicted molar refractivity (Wildman–Crippen MR) is 73.1 cm³/mol. The SMILES string of the molecule is Nc1nc(-c2cc(F)cc(F)c2)nc2c1CCCCC2. The third kappa shape index (κ3) is 2.48. The van der Waals surface area contributed by atoms with Gasteiger partial charge >= 0.3 is 0 Å². The summed E-state index contributed by atoms with van der Waals surface area (Å²) in [6.07, 6.45) is 4.99. The van der Waals surface area contributed by atoms with Crippen LogP contribution in [0.4, 0.5) is 14.6 Å². The molecule has 104 valence electrons. The van der Waals surface area contributed by atoms with E-state index in [1.165, 1.54) is 12.1 Å². The van der Waals surface area contributed by atoms with Gasteiger partial charge in [-0.05, 0) is 37.8 Å². The molecule has 1 aliphatic rings. The van der Waals surface area contributed by atoms with E-state index in [2.05, 4.69) is 9.97 Å². The van der Waals surface area contributed by atoms with Gasteiger partial charge in [-0.15, -0.1) is 0 Å². The van der Waals surface area contributed by atoms with Crippen LogP contribution in [0.5, 0.6) is 0 Å². The minimum Gasteiger partial charge on any atom is -0.383 e. The Balaban J connectivity index is 2.10. The highest BCUT2D eigenvalue weighted by Gasteiger charge is 2.16. The molecule has 0 spiro atoms. The van der Waals surface area contributed by atoms with Crippen molar-refractivity contribution in [2.45, 2.75) is 32.1 Å². The maximum Gasteiger partial charge on any atom is 0.161 e. The van der Waals surface area contributed by atoms with E-state index in [0.29, 0.717) is 17.2 Å². The predicted octanol–water partition coefficient (Wildman–Crippen LogP) is 3.27. The Labute approximate surface area is 115 Å². The summed E-state index contributed by atoms with van der Waals surface area (Å²) in [5.74, 6) is -0.563. The summed E-state index contributed by atoms with van der Waals surface area (Å²) in [7, 11) is 0. The van der Waals surface area contributed by atoms with Crippen LogP contribution < -0.4 is 5.73 Å². The van der Waals surface area contributed by atoms with E-state index < -0.39 is 11.6 Å². The quantitative estimate of drug-likeness (QED) is 0.813. The van der Waals surface area contributed by atoms with E-state index >= 15 is 0 Å². The monoisotopic (exact) mass is 275 g/mol. The lowest BCUT2D eigenvalue weighted by molar-refractivity contribution is 0.584. The normalized spacial score (nSPS) is 14.7. The molecular weight excluding hydrogens is 260 g/mol. The van der Waals surface area contributed by atoms with Gasteiger partial charge in [-0.3, -0.25) is 0 Å². The molecule has 1 aliphatic carbocycles. The van der Waals surface area contributed by atoms with Crippen LogP contribution >= 0.6 is 0 Å². The number of nitrogens with zero attached hydrogens (tertiary/aromatic N) is 2. The lowest BCUT2D eigenvalue weighted by Crippen LogP contribution is -2.06. The van der Waals surface area contributed by atoms with Crippen LogP contribution in [0.15, 0.2) is 18.2 Å². The van der Waals surface area contributed by atoms with Gasteiger partial charge in [0.2, 0.25) is 0 Å². The van der Waals surface area contributed by atoms with E-state index in [1.807, 2.05) is 0 Å². The summed E-state index contributed by atoms with van der Waals surface area (Å²) in [6, 6.07) is 3.28. The maximum atomic E-state index is 13.3. The number of hydrogen-bond acceptors (Lipinski definition) is 3. The largest absolute Gasteiger partial charge is 0.383 e. The Morgan fingerprint density at radius 2 is 1.60 bits per heavy atom. The molecule has 1 heterocycles. The third-order valence-corrected chi connectivity index (χ3v) is 3.59. The lowest BCUT2D eigenvalue weighted by atomic mass is 10.1. The van der Waals surface area contributed by atoms with E-state index in [0.717, 1.165) is 49.4 Å². The number of fused-ring (bicyclic) bond motifs is 1. The Morgan fingerprint density at radius 3 is 2.35 bits per heavy atom. The summed E-state index contributed by atoms with van der Waals surface area (Å²) < 4.78 is 26.6. The number of hydrogen-bond donors (Lipinski definition) is 1. The Kier molecular flexibility index (Phi) is 3.34. The van der Waals surface area contributed by atoms with Gasteiger partial charge in [0, 0.05) is 22.9 Å². The van der Waals surface area contributed by atoms with Crippen molar-refractivity contribution in [2.75, 3.05) is 5.73 Å². The summed E-state index contributed by atoms with van der Waals surface area (Å²) >= 11 is 0. The van der Waals surface area contributed by atoms with Gasteiger partial charge in [0.05, 0.1) is 0 Å². The standard InChI is InChI=1S/C15H15F2N3/c16-10-6-9(7-11(17)8-10)15-19-13-5-3-1-2-4-12(13)14(18)20-15/h6-8H,1-5H2,(H2,18,19,20). The van der Waals surface area contributed by atoms with Crippen molar-refractivity contribution in [2.24, 2.45) is 0 Å². The molecule has 0 amide bonds. The molecule has 0 atom stereocenters. The Bertz CT molecular complexity index is 636. The molecule has 0 saturated heterocycles.